The topological polar surface area (TPSA) is 55.8 Å². The van der Waals surface area contributed by atoms with Crippen molar-refractivity contribution < 1.29 is 19.1 Å². The zero-order chi connectivity index (χ0) is 24.2. The Labute approximate surface area is 198 Å². The highest BCUT2D eigenvalue weighted by atomic mass is 28.3. The van der Waals surface area contributed by atoms with Crippen molar-refractivity contribution in [3.63, 3.8) is 0 Å². The van der Waals surface area contributed by atoms with E-state index in [-0.39, 0.29) is 17.1 Å². The van der Waals surface area contributed by atoms with Crippen LogP contribution in [0.5, 0.6) is 5.75 Å². The lowest BCUT2D eigenvalue weighted by Crippen LogP contribution is -2.21. The molecule has 0 aliphatic carbocycles. The highest BCUT2D eigenvalue weighted by Gasteiger charge is 2.24. The molecule has 173 valence electrons. The van der Waals surface area contributed by atoms with Crippen LogP contribution < -0.4 is 4.74 Å². The van der Waals surface area contributed by atoms with Gasteiger partial charge in [0.05, 0.1) is 12.2 Å². The van der Waals surface area contributed by atoms with E-state index in [2.05, 4.69) is 39.9 Å². The minimum Gasteiger partial charge on any atom is -0.483 e. The summed E-state index contributed by atoms with van der Waals surface area (Å²) >= 11 is 0. The number of hydrogen-bond donors (Lipinski definition) is 1. The number of carboxylic acids is 1. The minimum absolute atomic E-state index is 0.0774. The Morgan fingerprint density at radius 2 is 1.64 bits per heavy atom. The number of rotatable bonds is 8. The van der Waals surface area contributed by atoms with E-state index < -0.39 is 15.0 Å². The Kier molecular flexibility index (Phi) is 7.77. The van der Waals surface area contributed by atoms with E-state index in [0.717, 1.165) is 28.0 Å². The third-order valence-electron chi connectivity index (χ3n) is 5.57. The number of benzene rings is 3. The second-order valence-electron chi connectivity index (χ2n) is 9.50. The van der Waals surface area contributed by atoms with Crippen molar-refractivity contribution in [1.82, 2.24) is 0 Å². The Hall–Kier alpha value is -2.89. The fourth-order valence-electron chi connectivity index (χ4n) is 3.83. The van der Waals surface area contributed by atoms with Crippen LogP contribution in [0.4, 0.5) is 0 Å². The van der Waals surface area contributed by atoms with Crippen molar-refractivity contribution in [3.8, 4) is 16.9 Å². The number of para-hydroxylation sites is 1. The lowest BCUT2D eigenvalue weighted by molar-refractivity contribution is 0.0697. The zero-order valence-electron chi connectivity index (χ0n) is 20.3. The number of carboxylic acid groups (broad SMARTS) is 1. The molecule has 5 heteroatoms. The van der Waals surface area contributed by atoms with Gasteiger partial charge in [-0.25, -0.2) is 4.79 Å². The molecule has 0 heterocycles. The van der Waals surface area contributed by atoms with Gasteiger partial charge in [0.2, 0.25) is 9.04 Å². The quantitative estimate of drug-likeness (QED) is 0.365. The molecule has 33 heavy (non-hydrogen) atoms. The van der Waals surface area contributed by atoms with E-state index in [0.29, 0.717) is 12.2 Å². The van der Waals surface area contributed by atoms with Gasteiger partial charge >= 0.3 is 5.97 Å². The first-order valence-electron chi connectivity index (χ1n) is 11.2. The molecule has 0 amide bonds. The molecular formula is C28H33O4Si. The molecule has 0 saturated heterocycles. The van der Waals surface area contributed by atoms with Crippen LogP contribution >= 0.6 is 0 Å². The van der Waals surface area contributed by atoms with Crippen LogP contribution in [0.3, 0.4) is 0 Å². The van der Waals surface area contributed by atoms with Crippen LogP contribution in [-0.4, -0.2) is 26.7 Å². The van der Waals surface area contributed by atoms with Gasteiger partial charge in [0, 0.05) is 0 Å². The van der Waals surface area contributed by atoms with Crippen molar-refractivity contribution in [3.05, 3.63) is 89.0 Å². The molecule has 0 aromatic heterocycles. The second-order valence-corrected chi connectivity index (χ2v) is 11.6. The average Bonchev–Trinajstić information content (AvgIpc) is 2.76. The Balaban J connectivity index is 2.10. The number of aryl methyl sites for hydroxylation is 1. The normalized spacial score (nSPS) is 12.6. The summed E-state index contributed by atoms with van der Waals surface area (Å²) < 4.78 is 12.6. The summed E-state index contributed by atoms with van der Waals surface area (Å²) in [5, 5.41) is 9.83. The van der Waals surface area contributed by atoms with Crippen LogP contribution in [0, 0.1) is 6.92 Å². The van der Waals surface area contributed by atoms with Gasteiger partial charge in [-0.1, -0.05) is 69.3 Å². The molecule has 3 aromatic carbocycles. The first-order chi connectivity index (χ1) is 15.6. The van der Waals surface area contributed by atoms with E-state index in [9.17, 15) is 9.90 Å². The molecule has 1 radical (unpaired) electrons. The molecule has 0 bridgehead atoms. The minimum atomic E-state index is -0.945. The maximum Gasteiger partial charge on any atom is 0.336 e. The average molecular weight is 462 g/mol. The third kappa shape index (κ3) is 6.12. The van der Waals surface area contributed by atoms with Crippen LogP contribution in [0.2, 0.25) is 13.1 Å². The molecule has 3 aromatic rings. The fraction of sp³-hybridized carbons (Fsp3) is 0.321. The van der Waals surface area contributed by atoms with Gasteiger partial charge in [-0.15, -0.1) is 0 Å². The van der Waals surface area contributed by atoms with E-state index in [1.165, 1.54) is 0 Å². The number of ether oxygens (including phenoxy) is 1. The summed E-state index contributed by atoms with van der Waals surface area (Å²) in [7, 11) is -0.930. The maximum absolute atomic E-state index is 12.0. The molecule has 0 saturated carbocycles. The number of hydrogen-bond acceptors (Lipinski definition) is 3. The van der Waals surface area contributed by atoms with Gasteiger partial charge < -0.3 is 14.3 Å². The summed E-state index contributed by atoms with van der Waals surface area (Å²) in [6.07, 6.45) is -0.362. The second kappa shape index (κ2) is 10.4. The summed E-state index contributed by atoms with van der Waals surface area (Å²) in [6.45, 7) is 13.1. The third-order valence-corrected chi connectivity index (χ3v) is 6.31. The molecule has 0 aliphatic rings. The molecule has 1 atom stereocenters. The van der Waals surface area contributed by atoms with E-state index in [4.69, 9.17) is 9.16 Å². The zero-order valence-corrected chi connectivity index (χ0v) is 21.3. The molecule has 1 unspecified atom stereocenters. The molecule has 0 spiro atoms. The van der Waals surface area contributed by atoms with Crippen molar-refractivity contribution in [1.29, 1.82) is 0 Å². The van der Waals surface area contributed by atoms with Crippen molar-refractivity contribution in [2.24, 2.45) is 0 Å². The van der Waals surface area contributed by atoms with Gasteiger partial charge in [0.15, 0.2) is 0 Å². The molecule has 3 rings (SSSR count). The highest BCUT2D eigenvalue weighted by Crippen LogP contribution is 2.36. The molecule has 0 fully saturated rings. The lowest BCUT2D eigenvalue weighted by Gasteiger charge is -2.27. The van der Waals surface area contributed by atoms with Gasteiger partial charge in [-0.2, -0.15) is 0 Å². The van der Waals surface area contributed by atoms with Gasteiger partial charge in [0.25, 0.3) is 0 Å². The van der Waals surface area contributed by atoms with Crippen LogP contribution in [0.1, 0.15) is 53.9 Å². The van der Waals surface area contributed by atoms with E-state index >= 15 is 0 Å². The fourth-order valence-corrected chi connectivity index (χ4v) is 4.31. The van der Waals surface area contributed by atoms with Gasteiger partial charge in [-0.05, 0) is 71.4 Å². The van der Waals surface area contributed by atoms with Crippen LogP contribution in [0.15, 0.2) is 66.7 Å². The molecule has 0 aliphatic heterocycles. The van der Waals surface area contributed by atoms with Crippen molar-refractivity contribution in [2.75, 3.05) is 6.61 Å². The predicted octanol–water partition coefficient (Wildman–Crippen LogP) is 7.05. The van der Waals surface area contributed by atoms with Gasteiger partial charge in [-0.3, -0.25) is 0 Å². The van der Waals surface area contributed by atoms with Crippen LogP contribution in [-0.2, 0) is 9.84 Å². The summed E-state index contributed by atoms with van der Waals surface area (Å²) in [5.41, 5.74) is 4.83. The summed E-state index contributed by atoms with van der Waals surface area (Å²) in [5.74, 6) is -0.126. The van der Waals surface area contributed by atoms with E-state index in [1.807, 2.05) is 61.5 Å². The molecule has 1 N–H and O–H groups in total. The summed E-state index contributed by atoms with van der Waals surface area (Å²) in [6, 6.07) is 21.4. The Morgan fingerprint density at radius 1 is 0.970 bits per heavy atom. The molecule has 4 nitrogen and oxygen atoms in total. The largest absolute Gasteiger partial charge is 0.483 e. The Bertz CT molecular complexity index is 1110. The van der Waals surface area contributed by atoms with Gasteiger partial charge in [0.1, 0.15) is 11.9 Å². The van der Waals surface area contributed by atoms with Crippen molar-refractivity contribution in [2.45, 2.75) is 52.3 Å². The molecular weight excluding hydrogens is 428 g/mol. The number of aromatic carboxylic acids is 1. The predicted molar refractivity (Wildman–Crippen MR) is 136 cm³/mol. The number of carbonyl (C=O) groups is 1. The maximum atomic E-state index is 12.0. The Morgan fingerprint density at radius 3 is 2.27 bits per heavy atom. The highest BCUT2D eigenvalue weighted by molar-refractivity contribution is 6.48. The SMILES string of the molecule is Cc1ccccc1-c1cc(C(CO[Si](C)C)Oc2ccccc2C(C)(C)C)ccc1C(=O)O. The van der Waals surface area contributed by atoms with E-state index in [1.54, 1.807) is 6.07 Å². The first-order valence-corrected chi connectivity index (χ1v) is 13.6. The van der Waals surface area contributed by atoms with Crippen LogP contribution in [0.25, 0.3) is 11.1 Å². The van der Waals surface area contributed by atoms with Crippen molar-refractivity contribution >= 4 is 15.0 Å². The smallest absolute Gasteiger partial charge is 0.336 e. The standard InChI is InChI=1S/C28H33O4Si/c1-19-11-7-8-12-21(19)23-17-20(15-16-22(23)27(29)30)26(18-31-33(5)6)32-25-14-10-9-13-24(25)28(2,3)4/h7-17,26H,18H2,1-6H3,(H,29,30). The summed E-state index contributed by atoms with van der Waals surface area (Å²) in [4.78, 5) is 12.0. The first kappa shape index (κ1) is 24.7. The monoisotopic (exact) mass is 461 g/mol. The lowest BCUT2D eigenvalue weighted by atomic mass is 9.86.